The molecule has 3 aromatic rings. The number of amides is 1. The second kappa shape index (κ2) is 11.2. The van der Waals surface area contributed by atoms with E-state index in [2.05, 4.69) is 35.8 Å². The summed E-state index contributed by atoms with van der Waals surface area (Å²) in [5.41, 5.74) is 1.02. The van der Waals surface area contributed by atoms with E-state index in [4.69, 9.17) is 4.74 Å². The van der Waals surface area contributed by atoms with Gasteiger partial charge in [0.1, 0.15) is 17.6 Å². The fourth-order valence-electron chi connectivity index (χ4n) is 5.79. The molecule has 3 atom stereocenters. The lowest BCUT2D eigenvalue weighted by Crippen LogP contribution is -2.41. The van der Waals surface area contributed by atoms with Crippen LogP contribution in [0.1, 0.15) is 63.4 Å². The number of methoxy groups -OCH3 is 1. The van der Waals surface area contributed by atoms with Crippen molar-refractivity contribution in [1.29, 1.82) is 0 Å². The van der Waals surface area contributed by atoms with Gasteiger partial charge in [-0.1, -0.05) is 20.8 Å². The van der Waals surface area contributed by atoms with Crippen molar-refractivity contribution in [2.45, 2.75) is 65.4 Å². The monoisotopic (exact) mass is 578 g/mol. The lowest BCUT2D eigenvalue weighted by atomic mass is 9.70. The third kappa shape index (κ3) is 6.74. The Morgan fingerprint density at radius 3 is 2.41 bits per heavy atom. The van der Waals surface area contributed by atoms with Gasteiger partial charge >= 0.3 is 12.3 Å². The number of imidazole rings is 1. The number of carbonyl (C=O) groups excluding carboxylic acids is 2. The van der Waals surface area contributed by atoms with Crippen molar-refractivity contribution in [3.05, 3.63) is 47.8 Å². The van der Waals surface area contributed by atoms with Crippen LogP contribution in [0.5, 0.6) is 5.75 Å². The summed E-state index contributed by atoms with van der Waals surface area (Å²) in [6, 6.07) is 6.85. The number of likely N-dealkylation sites (N-methyl/N-ethyl adjacent to an activating group) is 1. The van der Waals surface area contributed by atoms with Gasteiger partial charge in [0, 0.05) is 24.8 Å². The smallest absolute Gasteiger partial charge is 0.467 e. The summed E-state index contributed by atoms with van der Waals surface area (Å²) in [4.78, 5) is 30.9. The van der Waals surface area contributed by atoms with Gasteiger partial charge < -0.3 is 24.3 Å². The molecule has 1 fully saturated rings. The zero-order valence-corrected chi connectivity index (χ0v) is 23.8. The van der Waals surface area contributed by atoms with Gasteiger partial charge in [-0.05, 0) is 67.9 Å². The van der Waals surface area contributed by atoms with Gasteiger partial charge in [-0.15, -0.1) is 13.2 Å². The van der Waals surface area contributed by atoms with Crippen LogP contribution in [0, 0.1) is 17.2 Å². The van der Waals surface area contributed by atoms with Gasteiger partial charge in [-0.25, -0.2) is 14.2 Å². The predicted molar refractivity (Wildman–Crippen MR) is 146 cm³/mol. The zero-order valence-electron chi connectivity index (χ0n) is 23.8. The summed E-state index contributed by atoms with van der Waals surface area (Å²) < 4.78 is 63.9. The van der Waals surface area contributed by atoms with Crippen molar-refractivity contribution in [3.63, 3.8) is 0 Å². The molecule has 8 nitrogen and oxygen atoms in total. The molecule has 0 saturated heterocycles. The fraction of sp³-hybridized carbons (Fsp3) is 0.483. The third-order valence-electron chi connectivity index (χ3n) is 7.53. The second-order valence-corrected chi connectivity index (χ2v) is 11.5. The maximum absolute atomic E-state index is 15.5. The highest BCUT2D eigenvalue weighted by Gasteiger charge is 2.36. The molecule has 0 aliphatic heterocycles. The van der Waals surface area contributed by atoms with Crippen molar-refractivity contribution in [1.82, 2.24) is 14.5 Å². The number of ether oxygens (including phenoxy) is 2. The van der Waals surface area contributed by atoms with Crippen LogP contribution in [0.4, 0.5) is 29.2 Å². The van der Waals surface area contributed by atoms with Crippen LogP contribution in [-0.4, -0.2) is 52.9 Å². The Balaban J connectivity index is 1.77. The molecule has 12 heteroatoms. The van der Waals surface area contributed by atoms with Gasteiger partial charge in [0.2, 0.25) is 5.95 Å². The quantitative estimate of drug-likeness (QED) is 0.244. The van der Waals surface area contributed by atoms with Crippen LogP contribution in [-0.2, 0) is 9.53 Å². The molecule has 1 aromatic heterocycles. The Morgan fingerprint density at radius 2 is 1.83 bits per heavy atom. The molecule has 2 aromatic carbocycles. The topological polar surface area (TPSA) is 85.7 Å². The summed E-state index contributed by atoms with van der Waals surface area (Å²) >= 11 is 0. The van der Waals surface area contributed by atoms with Crippen molar-refractivity contribution in [2.24, 2.45) is 11.3 Å². The zero-order chi connectivity index (χ0) is 30.3. The van der Waals surface area contributed by atoms with E-state index in [-0.39, 0.29) is 22.8 Å². The molecule has 3 unspecified atom stereocenters. The summed E-state index contributed by atoms with van der Waals surface area (Å²) in [6.45, 7) is 8.00. The van der Waals surface area contributed by atoms with Crippen LogP contribution in [0.25, 0.3) is 11.0 Å². The molecule has 222 valence electrons. The summed E-state index contributed by atoms with van der Waals surface area (Å²) in [5.74, 6) is -1.74. The number of fused-ring (bicyclic) bond motifs is 1. The molecule has 4 rings (SSSR count). The molecule has 0 bridgehead atoms. The van der Waals surface area contributed by atoms with Gasteiger partial charge in [0.25, 0.3) is 5.91 Å². The third-order valence-corrected chi connectivity index (χ3v) is 7.53. The standard InChI is InChI=1S/C29H34F4N4O4/c1-16-11-19(15-28(3,4)14-16)37-24-13-22(30)21(25(38)36(5)17(2)26(39)40-6)12-23(24)35-27(37)34-18-7-9-20(10-8-18)41-29(31,32)33/h7-10,12-13,16-17,19H,11,14-15H2,1-6H3,(H,34,35). The summed E-state index contributed by atoms with van der Waals surface area (Å²) in [5, 5.41) is 3.16. The van der Waals surface area contributed by atoms with Gasteiger partial charge in [-0.2, -0.15) is 0 Å². The van der Waals surface area contributed by atoms with Gasteiger partial charge in [0.15, 0.2) is 0 Å². The Kier molecular flexibility index (Phi) is 8.24. The molecule has 1 N–H and O–H groups in total. The molecule has 1 heterocycles. The highest BCUT2D eigenvalue weighted by molar-refractivity contribution is 5.99. The Morgan fingerprint density at radius 1 is 1.17 bits per heavy atom. The molecule has 0 radical (unpaired) electrons. The van der Waals surface area contributed by atoms with Gasteiger partial charge in [-0.3, -0.25) is 4.79 Å². The molecule has 1 saturated carbocycles. The normalized spacial score (nSPS) is 19.5. The van der Waals surface area contributed by atoms with E-state index in [9.17, 15) is 22.8 Å². The molecular formula is C29H34F4N4O4. The number of carbonyl (C=O) groups is 2. The first-order valence-electron chi connectivity index (χ1n) is 13.3. The van der Waals surface area contributed by atoms with E-state index in [0.717, 1.165) is 24.2 Å². The second-order valence-electron chi connectivity index (χ2n) is 11.5. The molecule has 41 heavy (non-hydrogen) atoms. The van der Waals surface area contributed by atoms with Crippen molar-refractivity contribution < 1.29 is 36.6 Å². The molecule has 1 amide bonds. The number of hydrogen-bond acceptors (Lipinski definition) is 6. The maximum Gasteiger partial charge on any atom is 0.573 e. The van der Waals surface area contributed by atoms with Crippen LogP contribution in [0.3, 0.4) is 0 Å². The van der Waals surface area contributed by atoms with Crippen LogP contribution in [0.15, 0.2) is 36.4 Å². The van der Waals surface area contributed by atoms with E-state index in [1.165, 1.54) is 57.5 Å². The van der Waals surface area contributed by atoms with Crippen molar-refractivity contribution >= 4 is 34.5 Å². The minimum Gasteiger partial charge on any atom is -0.467 e. The number of benzene rings is 2. The number of esters is 1. The number of nitrogens with one attached hydrogen (secondary N) is 1. The maximum atomic E-state index is 15.5. The Labute approximate surface area is 235 Å². The predicted octanol–water partition coefficient (Wildman–Crippen LogP) is 6.84. The van der Waals surface area contributed by atoms with E-state index < -0.39 is 30.1 Å². The number of halogens is 4. The average Bonchev–Trinajstić information content (AvgIpc) is 3.21. The Bertz CT molecular complexity index is 1440. The first kappa shape index (κ1) is 30.1. The SMILES string of the molecule is COC(=O)C(C)N(C)C(=O)c1cc2nc(Nc3ccc(OC(F)(F)F)cc3)n(C3CC(C)CC(C)(C)C3)c2cc1F. The molecule has 1 aliphatic rings. The van der Waals surface area contributed by atoms with E-state index in [1.807, 2.05) is 4.57 Å². The number of hydrogen-bond donors (Lipinski definition) is 1. The van der Waals surface area contributed by atoms with E-state index >= 15 is 4.39 Å². The lowest BCUT2D eigenvalue weighted by molar-refractivity contribution is -0.274. The highest BCUT2D eigenvalue weighted by Crippen LogP contribution is 2.46. The number of nitrogens with zero attached hydrogens (tertiary/aromatic N) is 3. The molecule has 1 aliphatic carbocycles. The number of alkyl halides is 3. The molecular weight excluding hydrogens is 544 g/mol. The Hall–Kier alpha value is -3.83. The van der Waals surface area contributed by atoms with E-state index in [0.29, 0.717) is 28.6 Å². The number of aromatic nitrogens is 2. The minimum absolute atomic E-state index is 0.00790. The van der Waals surface area contributed by atoms with Crippen LogP contribution >= 0.6 is 0 Å². The largest absolute Gasteiger partial charge is 0.573 e. The molecule has 0 spiro atoms. The number of anilines is 2. The average molecular weight is 579 g/mol. The van der Waals surface area contributed by atoms with Gasteiger partial charge in [0.05, 0.1) is 23.7 Å². The summed E-state index contributed by atoms with van der Waals surface area (Å²) in [7, 11) is 2.59. The first-order chi connectivity index (χ1) is 19.1. The van der Waals surface area contributed by atoms with Crippen LogP contribution in [0.2, 0.25) is 0 Å². The van der Waals surface area contributed by atoms with E-state index in [1.54, 1.807) is 0 Å². The highest BCUT2D eigenvalue weighted by atomic mass is 19.4. The first-order valence-corrected chi connectivity index (χ1v) is 13.3. The van der Waals surface area contributed by atoms with Crippen molar-refractivity contribution in [2.75, 3.05) is 19.5 Å². The summed E-state index contributed by atoms with van der Waals surface area (Å²) in [6.07, 6.45) is -2.19. The minimum atomic E-state index is -4.81. The number of rotatable bonds is 7. The lowest BCUT2D eigenvalue weighted by Gasteiger charge is -2.40. The van der Waals surface area contributed by atoms with Crippen LogP contribution < -0.4 is 10.1 Å². The fourth-order valence-corrected chi connectivity index (χ4v) is 5.79. The van der Waals surface area contributed by atoms with Crippen molar-refractivity contribution in [3.8, 4) is 5.75 Å².